The van der Waals surface area contributed by atoms with Gasteiger partial charge in [-0.05, 0) is 25.8 Å². The van der Waals surface area contributed by atoms with Crippen LogP contribution < -0.4 is 5.32 Å². The van der Waals surface area contributed by atoms with E-state index in [1.807, 2.05) is 6.92 Å². The van der Waals surface area contributed by atoms with E-state index in [9.17, 15) is 9.59 Å². The van der Waals surface area contributed by atoms with E-state index in [2.05, 4.69) is 11.2 Å². The van der Waals surface area contributed by atoms with Crippen LogP contribution in [0.25, 0.3) is 0 Å². The quantitative estimate of drug-likeness (QED) is 0.694. The summed E-state index contributed by atoms with van der Waals surface area (Å²) in [6.45, 7) is 3.28. The Morgan fingerprint density at radius 1 is 1.53 bits per heavy atom. The fourth-order valence-electron chi connectivity index (χ4n) is 2.76. The second-order valence-electron chi connectivity index (χ2n) is 5.07. The van der Waals surface area contributed by atoms with Crippen molar-refractivity contribution in [2.45, 2.75) is 32.6 Å². The molecule has 1 unspecified atom stereocenters. The number of carbonyl (C=O) groups is 2. The highest BCUT2D eigenvalue weighted by molar-refractivity contribution is 5.86. The predicted molar refractivity (Wildman–Crippen MR) is 72.5 cm³/mol. The lowest BCUT2D eigenvalue weighted by Crippen LogP contribution is -2.53. The highest BCUT2D eigenvalue weighted by atomic mass is 16.4. The van der Waals surface area contributed by atoms with Gasteiger partial charge >= 0.3 is 5.97 Å². The van der Waals surface area contributed by atoms with Crippen LogP contribution >= 0.6 is 0 Å². The van der Waals surface area contributed by atoms with Gasteiger partial charge in [0.2, 0.25) is 5.91 Å². The zero-order valence-electron chi connectivity index (χ0n) is 11.4. The molecule has 5 heteroatoms. The van der Waals surface area contributed by atoms with Crippen molar-refractivity contribution >= 4 is 11.9 Å². The molecule has 1 atom stereocenters. The van der Waals surface area contributed by atoms with Crippen LogP contribution in [0.5, 0.6) is 0 Å². The van der Waals surface area contributed by atoms with Crippen LogP contribution in [-0.4, -0.2) is 48.1 Å². The van der Waals surface area contributed by atoms with Crippen molar-refractivity contribution in [1.82, 2.24) is 10.2 Å². The van der Waals surface area contributed by atoms with Crippen molar-refractivity contribution in [2.75, 3.05) is 26.2 Å². The first-order valence-corrected chi connectivity index (χ1v) is 6.71. The SMILES string of the molecule is C#CCN(CC(=O)O)C(=O)C1(CCC)CCCNC1. The van der Waals surface area contributed by atoms with Crippen LogP contribution in [0.2, 0.25) is 0 Å². The number of rotatable bonds is 6. The summed E-state index contributed by atoms with van der Waals surface area (Å²) >= 11 is 0. The molecule has 1 saturated heterocycles. The molecule has 1 aliphatic heterocycles. The van der Waals surface area contributed by atoms with Crippen molar-refractivity contribution in [2.24, 2.45) is 5.41 Å². The molecule has 19 heavy (non-hydrogen) atoms. The summed E-state index contributed by atoms with van der Waals surface area (Å²) in [5, 5.41) is 12.1. The average Bonchev–Trinajstić information content (AvgIpc) is 2.38. The van der Waals surface area contributed by atoms with Gasteiger partial charge in [-0.2, -0.15) is 0 Å². The number of amides is 1. The lowest BCUT2D eigenvalue weighted by atomic mass is 9.75. The van der Waals surface area contributed by atoms with Gasteiger partial charge in [0.15, 0.2) is 0 Å². The van der Waals surface area contributed by atoms with Crippen LogP contribution in [0, 0.1) is 17.8 Å². The summed E-state index contributed by atoms with van der Waals surface area (Å²) in [6.07, 6.45) is 8.63. The Morgan fingerprint density at radius 2 is 2.26 bits per heavy atom. The van der Waals surface area contributed by atoms with E-state index in [1.54, 1.807) is 0 Å². The third kappa shape index (κ3) is 3.97. The van der Waals surface area contributed by atoms with Crippen LogP contribution in [0.4, 0.5) is 0 Å². The summed E-state index contributed by atoms with van der Waals surface area (Å²) in [4.78, 5) is 24.8. The Hall–Kier alpha value is -1.54. The monoisotopic (exact) mass is 266 g/mol. The van der Waals surface area contributed by atoms with Crippen molar-refractivity contribution in [3.05, 3.63) is 0 Å². The minimum absolute atomic E-state index is 0.0522. The van der Waals surface area contributed by atoms with Crippen LogP contribution in [-0.2, 0) is 9.59 Å². The standard InChI is InChI=1S/C14H22N2O3/c1-3-6-14(7-5-8-15-11-14)13(19)16(9-4-2)10-12(17)18/h2,15H,3,5-11H2,1H3,(H,17,18). The Kier molecular flexibility index (Phi) is 5.84. The zero-order valence-corrected chi connectivity index (χ0v) is 11.4. The van der Waals surface area contributed by atoms with Gasteiger partial charge in [0.25, 0.3) is 0 Å². The van der Waals surface area contributed by atoms with Crippen molar-refractivity contribution < 1.29 is 14.7 Å². The summed E-state index contributed by atoms with van der Waals surface area (Å²) in [5.74, 6) is 1.22. The van der Waals surface area contributed by atoms with E-state index < -0.39 is 11.4 Å². The third-order valence-corrected chi connectivity index (χ3v) is 3.55. The Labute approximate surface area is 114 Å². The molecule has 0 saturated carbocycles. The second-order valence-corrected chi connectivity index (χ2v) is 5.07. The van der Waals surface area contributed by atoms with E-state index >= 15 is 0 Å². The summed E-state index contributed by atoms with van der Waals surface area (Å²) < 4.78 is 0. The fraction of sp³-hybridized carbons (Fsp3) is 0.714. The number of carboxylic acid groups (broad SMARTS) is 1. The van der Waals surface area contributed by atoms with Gasteiger partial charge in [-0.1, -0.05) is 19.3 Å². The molecule has 0 spiro atoms. The van der Waals surface area contributed by atoms with Gasteiger partial charge in [0.1, 0.15) is 6.54 Å². The molecule has 0 aromatic carbocycles. The molecule has 1 rings (SSSR count). The maximum atomic E-state index is 12.7. The molecule has 0 radical (unpaired) electrons. The fourth-order valence-corrected chi connectivity index (χ4v) is 2.76. The number of aliphatic carboxylic acids is 1. The molecule has 2 N–H and O–H groups in total. The summed E-state index contributed by atoms with van der Waals surface area (Å²) in [7, 11) is 0. The largest absolute Gasteiger partial charge is 0.480 e. The molecule has 106 valence electrons. The number of piperidine rings is 1. The molecule has 0 aliphatic carbocycles. The van der Waals surface area contributed by atoms with Crippen LogP contribution in [0.1, 0.15) is 32.6 Å². The predicted octanol–water partition coefficient (Wildman–Crippen LogP) is 0.703. The lowest BCUT2D eigenvalue weighted by molar-refractivity contribution is -0.150. The van der Waals surface area contributed by atoms with Crippen LogP contribution in [0.15, 0.2) is 0 Å². The zero-order chi connectivity index (χ0) is 14.3. The van der Waals surface area contributed by atoms with Gasteiger partial charge in [0.05, 0.1) is 12.0 Å². The minimum Gasteiger partial charge on any atom is -0.480 e. The molecular weight excluding hydrogens is 244 g/mol. The number of hydrogen-bond acceptors (Lipinski definition) is 3. The molecular formula is C14H22N2O3. The molecule has 0 aromatic heterocycles. The highest BCUT2D eigenvalue weighted by Crippen LogP contribution is 2.33. The van der Waals surface area contributed by atoms with Crippen molar-refractivity contribution in [1.29, 1.82) is 0 Å². The van der Waals surface area contributed by atoms with Gasteiger partial charge < -0.3 is 15.3 Å². The summed E-state index contributed by atoms with van der Waals surface area (Å²) in [6, 6.07) is 0. The van der Waals surface area contributed by atoms with Crippen molar-refractivity contribution in [3.8, 4) is 12.3 Å². The van der Waals surface area contributed by atoms with Gasteiger partial charge in [0, 0.05) is 6.54 Å². The maximum Gasteiger partial charge on any atom is 0.323 e. The molecule has 1 fully saturated rings. The second kappa shape index (κ2) is 7.15. The van der Waals surface area contributed by atoms with E-state index in [4.69, 9.17) is 11.5 Å². The first-order chi connectivity index (χ1) is 9.05. The number of carbonyl (C=O) groups excluding carboxylic acids is 1. The third-order valence-electron chi connectivity index (χ3n) is 3.55. The molecule has 5 nitrogen and oxygen atoms in total. The highest BCUT2D eigenvalue weighted by Gasteiger charge is 2.41. The van der Waals surface area contributed by atoms with E-state index in [0.717, 1.165) is 32.2 Å². The molecule has 1 heterocycles. The number of nitrogens with zero attached hydrogens (tertiary/aromatic N) is 1. The minimum atomic E-state index is -1.03. The Balaban J connectivity index is 2.89. The molecule has 1 aliphatic rings. The van der Waals surface area contributed by atoms with Gasteiger partial charge in [-0.3, -0.25) is 9.59 Å². The Morgan fingerprint density at radius 3 is 2.74 bits per heavy atom. The van der Waals surface area contributed by atoms with E-state index in [-0.39, 0.29) is 19.0 Å². The first-order valence-electron chi connectivity index (χ1n) is 6.71. The first kappa shape index (κ1) is 15.5. The summed E-state index contributed by atoms with van der Waals surface area (Å²) in [5.41, 5.74) is -0.487. The smallest absolute Gasteiger partial charge is 0.323 e. The average molecular weight is 266 g/mol. The van der Waals surface area contributed by atoms with Crippen LogP contribution in [0.3, 0.4) is 0 Å². The maximum absolute atomic E-state index is 12.7. The number of nitrogens with one attached hydrogen (secondary N) is 1. The number of hydrogen-bond donors (Lipinski definition) is 2. The number of carboxylic acids is 1. The number of terminal acetylenes is 1. The Bertz CT molecular complexity index is 362. The van der Waals surface area contributed by atoms with E-state index in [1.165, 1.54) is 4.90 Å². The topological polar surface area (TPSA) is 69.6 Å². The van der Waals surface area contributed by atoms with Crippen molar-refractivity contribution in [3.63, 3.8) is 0 Å². The van der Waals surface area contributed by atoms with E-state index in [0.29, 0.717) is 6.54 Å². The normalized spacial score (nSPS) is 22.5. The van der Waals surface area contributed by atoms with Gasteiger partial charge in [-0.15, -0.1) is 6.42 Å². The molecule has 0 aromatic rings. The molecule has 1 amide bonds. The van der Waals surface area contributed by atoms with Gasteiger partial charge in [-0.25, -0.2) is 0 Å². The lowest BCUT2D eigenvalue weighted by Gasteiger charge is -2.39. The molecule has 0 bridgehead atoms.